The first-order valence-corrected chi connectivity index (χ1v) is 6.54. The minimum absolute atomic E-state index is 0.194. The molecule has 0 radical (unpaired) electrons. The molecule has 1 unspecified atom stereocenters. The number of halogens is 1. The Morgan fingerprint density at radius 2 is 1.84 bits per heavy atom. The highest BCUT2D eigenvalue weighted by atomic mass is 35.5. The van der Waals surface area contributed by atoms with Crippen molar-refractivity contribution in [2.45, 2.75) is 19.4 Å². The van der Waals surface area contributed by atoms with Gasteiger partial charge < -0.3 is 9.84 Å². The first kappa shape index (κ1) is 13.9. The Morgan fingerprint density at radius 3 is 2.47 bits per heavy atom. The molecular weight excluding hydrogens is 260 g/mol. The standard InChI is InChI=1S/C16H17ClO2/c1-12-10-14(17)8-9-15(12)19-11-16(2,18)13-6-4-3-5-7-13/h3-10,18H,11H2,1-2H3. The van der Waals surface area contributed by atoms with Gasteiger partial charge in [0.2, 0.25) is 0 Å². The highest BCUT2D eigenvalue weighted by molar-refractivity contribution is 6.30. The summed E-state index contributed by atoms with van der Waals surface area (Å²) in [5.74, 6) is 0.737. The van der Waals surface area contributed by atoms with E-state index >= 15 is 0 Å². The molecule has 2 rings (SSSR count). The Bertz CT molecular complexity index is 550. The smallest absolute Gasteiger partial charge is 0.122 e. The number of aryl methyl sites for hydroxylation is 1. The molecule has 1 atom stereocenters. The van der Waals surface area contributed by atoms with Crippen molar-refractivity contribution in [1.29, 1.82) is 0 Å². The zero-order valence-electron chi connectivity index (χ0n) is 11.1. The van der Waals surface area contributed by atoms with Crippen LogP contribution in [0.1, 0.15) is 18.1 Å². The molecule has 0 fully saturated rings. The van der Waals surface area contributed by atoms with Gasteiger partial charge in [0, 0.05) is 5.02 Å². The Morgan fingerprint density at radius 1 is 1.16 bits per heavy atom. The van der Waals surface area contributed by atoms with E-state index in [9.17, 15) is 5.11 Å². The van der Waals surface area contributed by atoms with Crippen LogP contribution in [0.4, 0.5) is 0 Å². The number of ether oxygens (including phenoxy) is 1. The van der Waals surface area contributed by atoms with Crippen LogP contribution in [-0.2, 0) is 5.60 Å². The Balaban J connectivity index is 2.09. The van der Waals surface area contributed by atoms with Gasteiger partial charge in [0.15, 0.2) is 0 Å². The fraction of sp³-hybridized carbons (Fsp3) is 0.250. The third-order valence-corrected chi connectivity index (χ3v) is 3.28. The summed E-state index contributed by atoms with van der Waals surface area (Å²) in [4.78, 5) is 0. The highest BCUT2D eigenvalue weighted by Gasteiger charge is 2.24. The van der Waals surface area contributed by atoms with Crippen LogP contribution in [0.25, 0.3) is 0 Å². The second-order valence-electron chi connectivity index (χ2n) is 4.84. The number of aliphatic hydroxyl groups is 1. The second-order valence-corrected chi connectivity index (χ2v) is 5.27. The van der Waals surface area contributed by atoms with Gasteiger partial charge in [-0.3, -0.25) is 0 Å². The van der Waals surface area contributed by atoms with E-state index in [1.54, 1.807) is 13.0 Å². The molecule has 0 bridgehead atoms. The molecule has 0 amide bonds. The van der Waals surface area contributed by atoms with E-state index in [0.717, 1.165) is 16.9 Å². The molecule has 1 N–H and O–H groups in total. The van der Waals surface area contributed by atoms with Crippen molar-refractivity contribution in [2.75, 3.05) is 6.61 Å². The van der Waals surface area contributed by atoms with Crippen molar-refractivity contribution in [3.05, 3.63) is 64.7 Å². The molecule has 0 aliphatic rings. The maximum atomic E-state index is 10.4. The average molecular weight is 277 g/mol. The highest BCUT2D eigenvalue weighted by Crippen LogP contribution is 2.25. The monoisotopic (exact) mass is 276 g/mol. The van der Waals surface area contributed by atoms with E-state index in [1.165, 1.54) is 0 Å². The normalized spacial score (nSPS) is 13.9. The van der Waals surface area contributed by atoms with E-state index in [4.69, 9.17) is 16.3 Å². The molecule has 2 aromatic carbocycles. The van der Waals surface area contributed by atoms with Gasteiger partial charge in [0.05, 0.1) is 0 Å². The van der Waals surface area contributed by atoms with Crippen LogP contribution >= 0.6 is 11.6 Å². The van der Waals surface area contributed by atoms with Crippen LogP contribution in [0.2, 0.25) is 5.02 Å². The number of hydrogen-bond acceptors (Lipinski definition) is 2. The maximum Gasteiger partial charge on any atom is 0.122 e. The molecule has 0 aliphatic carbocycles. The number of benzene rings is 2. The van der Waals surface area contributed by atoms with Crippen LogP contribution in [0.3, 0.4) is 0 Å². The van der Waals surface area contributed by atoms with Gasteiger partial charge in [-0.05, 0) is 43.2 Å². The zero-order chi connectivity index (χ0) is 13.9. The summed E-state index contributed by atoms with van der Waals surface area (Å²) in [5, 5.41) is 11.1. The van der Waals surface area contributed by atoms with Gasteiger partial charge in [0.25, 0.3) is 0 Å². The molecule has 3 heteroatoms. The first-order chi connectivity index (χ1) is 8.99. The van der Waals surface area contributed by atoms with E-state index in [0.29, 0.717) is 5.02 Å². The van der Waals surface area contributed by atoms with Gasteiger partial charge in [-0.25, -0.2) is 0 Å². The topological polar surface area (TPSA) is 29.5 Å². The Kier molecular flexibility index (Phi) is 4.13. The molecule has 0 aromatic heterocycles. The van der Waals surface area contributed by atoms with Crippen molar-refractivity contribution < 1.29 is 9.84 Å². The lowest BCUT2D eigenvalue weighted by atomic mass is 9.97. The number of rotatable bonds is 4. The van der Waals surface area contributed by atoms with Crippen LogP contribution < -0.4 is 4.74 Å². The summed E-state index contributed by atoms with van der Waals surface area (Å²) in [6.07, 6.45) is 0. The lowest BCUT2D eigenvalue weighted by molar-refractivity contribution is 0.00740. The molecule has 19 heavy (non-hydrogen) atoms. The molecule has 0 spiro atoms. The minimum Gasteiger partial charge on any atom is -0.490 e. The van der Waals surface area contributed by atoms with E-state index < -0.39 is 5.60 Å². The number of hydrogen-bond donors (Lipinski definition) is 1. The second kappa shape index (κ2) is 5.64. The minimum atomic E-state index is -1.02. The van der Waals surface area contributed by atoms with Crippen molar-refractivity contribution in [3.8, 4) is 5.75 Å². The Labute approximate surface area is 118 Å². The molecule has 0 saturated carbocycles. The van der Waals surface area contributed by atoms with E-state index in [1.807, 2.05) is 49.4 Å². The summed E-state index contributed by atoms with van der Waals surface area (Å²) >= 11 is 5.90. The van der Waals surface area contributed by atoms with Crippen molar-refractivity contribution in [3.63, 3.8) is 0 Å². The third-order valence-electron chi connectivity index (χ3n) is 3.04. The third kappa shape index (κ3) is 3.49. The molecule has 100 valence electrons. The van der Waals surface area contributed by atoms with Crippen molar-refractivity contribution in [2.24, 2.45) is 0 Å². The van der Waals surface area contributed by atoms with Gasteiger partial charge in [0.1, 0.15) is 18.0 Å². The van der Waals surface area contributed by atoms with E-state index in [-0.39, 0.29) is 6.61 Å². The van der Waals surface area contributed by atoms with E-state index in [2.05, 4.69) is 0 Å². The summed E-state index contributed by atoms with van der Waals surface area (Å²) in [6.45, 7) is 3.87. The Hall–Kier alpha value is -1.51. The maximum absolute atomic E-state index is 10.4. The van der Waals surface area contributed by atoms with Gasteiger partial charge in [-0.15, -0.1) is 0 Å². The molecular formula is C16H17ClO2. The summed E-state index contributed by atoms with van der Waals surface area (Å²) in [6, 6.07) is 14.9. The SMILES string of the molecule is Cc1cc(Cl)ccc1OCC(C)(O)c1ccccc1. The van der Waals surface area contributed by atoms with Crippen molar-refractivity contribution in [1.82, 2.24) is 0 Å². The van der Waals surface area contributed by atoms with Gasteiger partial charge >= 0.3 is 0 Å². The zero-order valence-corrected chi connectivity index (χ0v) is 11.8. The van der Waals surface area contributed by atoms with Gasteiger partial charge in [-0.2, -0.15) is 0 Å². The van der Waals surface area contributed by atoms with Crippen LogP contribution in [0.5, 0.6) is 5.75 Å². The molecule has 0 aliphatic heterocycles. The molecule has 2 aromatic rings. The fourth-order valence-corrected chi connectivity index (χ4v) is 2.10. The summed E-state index contributed by atoms with van der Waals surface area (Å²) in [5.41, 5.74) is 0.769. The average Bonchev–Trinajstić information content (AvgIpc) is 2.39. The lowest BCUT2D eigenvalue weighted by Gasteiger charge is -2.24. The predicted octanol–water partition coefficient (Wildman–Crippen LogP) is 3.93. The largest absolute Gasteiger partial charge is 0.490 e. The quantitative estimate of drug-likeness (QED) is 0.917. The van der Waals surface area contributed by atoms with Crippen LogP contribution in [0, 0.1) is 6.92 Å². The summed E-state index contributed by atoms with van der Waals surface area (Å²) < 4.78 is 5.70. The molecule has 0 saturated heterocycles. The predicted molar refractivity (Wildman–Crippen MR) is 77.7 cm³/mol. The lowest BCUT2D eigenvalue weighted by Crippen LogP contribution is -2.29. The van der Waals surface area contributed by atoms with Crippen LogP contribution in [0.15, 0.2) is 48.5 Å². The molecule has 0 heterocycles. The fourth-order valence-electron chi connectivity index (χ4n) is 1.87. The molecule has 2 nitrogen and oxygen atoms in total. The summed E-state index contributed by atoms with van der Waals surface area (Å²) in [7, 11) is 0. The van der Waals surface area contributed by atoms with Crippen LogP contribution in [-0.4, -0.2) is 11.7 Å². The first-order valence-electron chi connectivity index (χ1n) is 6.16. The van der Waals surface area contributed by atoms with Gasteiger partial charge in [-0.1, -0.05) is 41.9 Å². The van der Waals surface area contributed by atoms with Crippen molar-refractivity contribution >= 4 is 11.6 Å².